The number of ether oxygens (including phenoxy) is 2. The third-order valence-corrected chi connectivity index (χ3v) is 5.64. The minimum Gasteiger partial charge on any atom is -0.497 e. The van der Waals surface area contributed by atoms with Gasteiger partial charge in [-0.25, -0.2) is 15.3 Å². The fourth-order valence-electron chi connectivity index (χ4n) is 3.90. The van der Waals surface area contributed by atoms with Crippen molar-refractivity contribution >= 4 is 23.1 Å². The van der Waals surface area contributed by atoms with Crippen molar-refractivity contribution < 1.29 is 19.1 Å². The summed E-state index contributed by atoms with van der Waals surface area (Å²) in [7, 11) is 3.48. The van der Waals surface area contributed by atoms with Gasteiger partial charge in [-0.2, -0.15) is 5.10 Å². The van der Waals surface area contributed by atoms with Crippen LogP contribution in [0.2, 0.25) is 0 Å². The molecule has 4 N–H and O–H groups in total. The number of nitrogens with two attached hydrogens (primary N) is 1. The van der Waals surface area contributed by atoms with E-state index < -0.39 is 5.91 Å². The Morgan fingerprint density at radius 3 is 2.64 bits per heavy atom. The van der Waals surface area contributed by atoms with Crippen LogP contribution in [0.5, 0.6) is 5.75 Å². The number of methoxy groups -OCH3 is 1. The minimum absolute atomic E-state index is 0.00176. The van der Waals surface area contributed by atoms with E-state index in [9.17, 15) is 9.59 Å². The molecular weight excluding hydrogens is 426 g/mol. The predicted octanol–water partition coefficient (Wildman–Crippen LogP) is 0.887. The van der Waals surface area contributed by atoms with Crippen LogP contribution >= 0.6 is 0 Å². The molecule has 11 heteroatoms. The number of anilines is 1. The van der Waals surface area contributed by atoms with Gasteiger partial charge in [0, 0.05) is 32.8 Å². The topological polar surface area (TPSA) is 136 Å². The molecule has 1 fully saturated rings. The third-order valence-electron chi connectivity index (χ3n) is 5.64. The number of rotatable bonds is 7. The monoisotopic (exact) mass is 453 g/mol. The first kappa shape index (κ1) is 22.5. The van der Waals surface area contributed by atoms with Crippen molar-refractivity contribution in [3.05, 3.63) is 53.5 Å². The molecular formula is C22H27N7O4. The summed E-state index contributed by atoms with van der Waals surface area (Å²) in [4.78, 5) is 32.0. The van der Waals surface area contributed by atoms with Crippen molar-refractivity contribution in [3.63, 3.8) is 0 Å². The molecule has 3 aromatic rings. The average molecular weight is 454 g/mol. The second-order valence-electron chi connectivity index (χ2n) is 7.83. The van der Waals surface area contributed by atoms with E-state index in [0.717, 1.165) is 24.2 Å². The summed E-state index contributed by atoms with van der Waals surface area (Å²) >= 11 is 0. The molecule has 0 bridgehead atoms. The Balaban J connectivity index is 1.71. The van der Waals surface area contributed by atoms with Gasteiger partial charge in [-0.1, -0.05) is 12.1 Å². The largest absolute Gasteiger partial charge is 0.497 e. The smallest absolute Gasteiger partial charge is 0.283 e. The molecule has 174 valence electrons. The number of nitrogens with zero attached hydrogens (tertiary/aromatic N) is 4. The van der Waals surface area contributed by atoms with Crippen LogP contribution in [0.3, 0.4) is 0 Å². The highest BCUT2D eigenvalue weighted by atomic mass is 16.5. The van der Waals surface area contributed by atoms with Crippen LogP contribution < -0.4 is 26.2 Å². The van der Waals surface area contributed by atoms with Crippen LogP contribution in [0, 0.1) is 0 Å². The summed E-state index contributed by atoms with van der Waals surface area (Å²) in [5.41, 5.74) is 4.01. The van der Waals surface area contributed by atoms with Gasteiger partial charge in [0.15, 0.2) is 5.82 Å². The number of hydrazine groups is 1. The highest BCUT2D eigenvalue weighted by Crippen LogP contribution is 2.26. The van der Waals surface area contributed by atoms with E-state index in [-0.39, 0.29) is 17.6 Å². The Hall–Kier alpha value is -3.70. The zero-order valence-corrected chi connectivity index (χ0v) is 18.6. The van der Waals surface area contributed by atoms with Crippen molar-refractivity contribution in [2.75, 3.05) is 32.3 Å². The second-order valence-corrected chi connectivity index (χ2v) is 7.83. The van der Waals surface area contributed by atoms with E-state index in [0.29, 0.717) is 36.7 Å². The Morgan fingerprint density at radius 2 is 1.97 bits per heavy atom. The molecule has 0 unspecified atom stereocenters. The van der Waals surface area contributed by atoms with E-state index in [1.54, 1.807) is 7.11 Å². The molecule has 11 nitrogen and oxygen atoms in total. The molecule has 0 radical (unpaired) electrons. The van der Waals surface area contributed by atoms with Crippen molar-refractivity contribution in [2.45, 2.75) is 25.4 Å². The van der Waals surface area contributed by atoms with Crippen molar-refractivity contribution in [2.24, 2.45) is 5.84 Å². The zero-order chi connectivity index (χ0) is 23.4. The molecule has 1 aliphatic heterocycles. The maximum Gasteiger partial charge on any atom is 0.283 e. The molecule has 4 rings (SSSR count). The lowest BCUT2D eigenvalue weighted by Crippen LogP contribution is -2.39. The molecule has 1 aromatic carbocycles. The summed E-state index contributed by atoms with van der Waals surface area (Å²) in [6.45, 7) is 1.71. The third kappa shape index (κ3) is 4.73. The van der Waals surface area contributed by atoms with Gasteiger partial charge in [0.05, 0.1) is 12.7 Å². The number of benzene rings is 1. The molecule has 0 spiro atoms. The standard InChI is InChI=1S/C22H27N7O4/c1-28(12-14-3-5-16(32-2)6-4-14)20-19-17(21(30)26-15-7-9-33-10-8-15)11-18(22(31)27-23)29(19)25-13-24-20/h3-6,11,13,15H,7-10,12,23H2,1-2H3,(H,26,30)(H,27,31). The van der Waals surface area contributed by atoms with Crippen LogP contribution in [-0.2, 0) is 11.3 Å². The Kier molecular flexibility index (Phi) is 6.71. The lowest BCUT2D eigenvalue weighted by Gasteiger charge is -2.23. The molecule has 2 amide bonds. The molecule has 1 saturated heterocycles. The van der Waals surface area contributed by atoms with Crippen LogP contribution in [0.4, 0.5) is 5.82 Å². The number of carbonyl (C=O) groups is 2. The fourth-order valence-corrected chi connectivity index (χ4v) is 3.90. The molecule has 0 aliphatic carbocycles. The summed E-state index contributed by atoms with van der Waals surface area (Å²) in [6, 6.07) is 9.17. The molecule has 3 heterocycles. The van der Waals surface area contributed by atoms with Crippen molar-refractivity contribution in [3.8, 4) is 5.75 Å². The molecule has 1 aliphatic rings. The van der Waals surface area contributed by atoms with Gasteiger partial charge in [-0.05, 0) is 36.6 Å². The first-order valence-corrected chi connectivity index (χ1v) is 10.6. The number of nitrogen functional groups attached to an aromatic ring is 1. The number of amides is 2. The number of hydrogen-bond acceptors (Lipinski definition) is 8. The van der Waals surface area contributed by atoms with Gasteiger partial charge in [0.25, 0.3) is 11.8 Å². The van der Waals surface area contributed by atoms with Crippen LogP contribution in [0.15, 0.2) is 36.7 Å². The normalized spacial score (nSPS) is 14.2. The average Bonchev–Trinajstić information content (AvgIpc) is 3.24. The van der Waals surface area contributed by atoms with E-state index in [4.69, 9.17) is 15.3 Å². The Morgan fingerprint density at radius 1 is 1.24 bits per heavy atom. The van der Waals surface area contributed by atoms with Crippen LogP contribution in [0.25, 0.3) is 5.52 Å². The zero-order valence-electron chi connectivity index (χ0n) is 18.6. The summed E-state index contributed by atoms with van der Waals surface area (Å²) < 4.78 is 12.0. The van der Waals surface area contributed by atoms with Gasteiger partial charge in [0.1, 0.15) is 23.3 Å². The first-order valence-electron chi connectivity index (χ1n) is 10.6. The number of fused-ring (bicyclic) bond motifs is 1. The molecule has 33 heavy (non-hydrogen) atoms. The number of aromatic nitrogens is 3. The highest BCUT2D eigenvalue weighted by Gasteiger charge is 2.26. The predicted molar refractivity (Wildman–Crippen MR) is 121 cm³/mol. The van der Waals surface area contributed by atoms with E-state index in [1.807, 2.05) is 36.2 Å². The number of carbonyl (C=O) groups excluding carboxylic acids is 2. The quantitative estimate of drug-likeness (QED) is 0.273. The Bertz CT molecular complexity index is 1140. The summed E-state index contributed by atoms with van der Waals surface area (Å²) in [6.07, 6.45) is 2.81. The van der Waals surface area contributed by atoms with Gasteiger partial charge in [0.2, 0.25) is 0 Å². The lowest BCUT2D eigenvalue weighted by atomic mass is 10.1. The molecule has 0 saturated carbocycles. The summed E-state index contributed by atoms with van der Waals surface area (Å²) in [5.74, 6) is 5.78. The lowest BCUT2D eigenvalue weighted by molar-refractivity contribution is 0.0697. The van der Waals surface area contributed by atoms with Crippen LogP contribution in [-0.4, -0.2) is 59.8 Å². The SMILES string of the molecule is COc1ccc(CN(C)c2ncnn3c(C(=O)NN)cc(C(=O)NC4CCOCC4)c23)cc1. The Labute approximate surface area is 190 Å². The molecule has 0 atom stereocenters. The van der Waals surface area contributed by atoms with Gasteiger partial charge >= 0.3 is 0 Å². The minimum atomic E-state index is -0.558. The highest BCUT2D eigenvalue weighted by molar-refractivity contribution is 6.07. The van der Waals surface area contributed by atoms with Crippen molar-refractivity contribution in [1.82, 2.24) is 25.3 Å². The maximum absolute atomic E-state index is 13.2. The number of hydrogen-bond donors (Lipinski definition) is 3. The van der Waals surface area contributed by atoms with E-state index in [2.05, 4.69) is 20.8 Å². The van der Waals surface area contributed by atoms with Gasteiger partial charge in [-0.15, -0.1) is 0 Å². The van der Waals surface area contributed by atoms with E-state index >= 15 is 0 Å². The van der Waals surface area contributed by atoms with Crippen molar-refractivity contribution in [1.29, 1.82) is 0 Å². The fraction of sp³-hybridized carbons (Fsp3) is 0.364. The van der Waals surface area contributed by atoms with E-state index in [1.165, 1.54) is 16.9 Å². The van der Waals surface area contributed by atoms with Gasteiger partial charge < -0.3 is 19.7 Å². The first-order chi connectivity index (χ1) is 16.0. The maximum atomic E-state index is 13.2. The summed E-state index contributed by atoms with van der Waals surface area (Å²) in [5, 5.41) is 7.26. The number of nitrogens with one attached hydrogen (secondary N) is 2. The van der Waals surface area contributed by atoms with Crippen LogP contribution in [0.1, 0.15) is 39.3 Å². The second kappa shape index (κ2) is 9.84. The molecule has 2 aromatic heterocycles. The van der Waals surface area contributed by atoms with Gasteiger partial charge in [-0.3, -0.25) is 15.0 Å².